The zero-order valence-electron chi connectivity index (χ0n) is 8.31. The van der Waals surface area contributed by atoms with Gasteiger partial charge in [-0.15, -0.1) is 0 Å². The third-order valence-corrected chi connectivity index (χ3v) is 3.07. The Morgan fingerprint density at radius 1 is 1.50 bits per heavy atom. The lowest BCUT2D eigenvalue weighted by Crippen LogP contribution is -2.23. The molecular formula is C10H21NS. The fourth-order valence-electron chi connectivity index (χ4n) is 1.33. The summed E-state index contributed by atoms with van der Waals surface area (Å²) in [7, 11) is 0. The molecule has 0 aromatic rings. The fourth-order valence-corrected chi connectivity index (χ4v) is 1.79. The van der Waals surface area contributed by atoms with Crippen LogP contribution in [0.5, 0.6) is 0 Å². The van der Waals surface area contributed by atoms with E-state index in [2.05, 4.69) is 18.5 Å². The van der Waals surface area contributed by atoms with E-state index in [1.54, 1.807) is 0 Å². The Balaban J connectivity index is 1.84. The van der Waals surface area contributed by atoms with Gasteiger partial charge in [-0.25, -0.2) is 0 Å². The molecule has 0 aliphatic heterocycles. The van der Waals surface area contributed by atoms with Crippen molar-refractivity contribution in [3.8, 4) is 0 Å². The average Bonchev–Trinajstić information content (AvgIpc) is 2.84. The highest BCUT2D eigenvalue weighted by Gasteiger charge is 2.20. The maximum atomic E-state index is 3.58. The summed E-state index contributed by atoms with van der Waals surface area (Å²) in [5.41, 5.74) is 0. The third-order valence-electron chi connectivity index (χ3n) is 2.38. The fraction of sp³-hybridized carbons (Fsp3) is 1.00. The summed E-state index contributed by atoms with van der Waals surface area (Å²) in [6.45, 7) is 3.59. The van der Waals surface area contributed by atoms with Crippen molar-refractivity contribution in [2.45, 2.75) is 38.6 Å². The van der Waals surface area contributed by atoms with Crippen LogP contribution in [0, 0.1) is 5.92 Å². The van der Waals surface area contributed by atoms with E-state index in [4.69, 9.17) is 0 Å². The molecule has 0 heterocycles. The quantitative estimate of drug-likeness (QED) is 0.615. The second-order valence-electron chi connectivity index (χ2n) is 3.92. The zero-order valence-corrected chi connectivity index (χ0v) is 9.12. The summed E-state index contributed by atoms with van der Waals surface area (Å²) in [6.07, 6.45) is 7.79. The van der Waals surface area contributed by atoms with Gasteiger partial charge in [-0.3, -0.25) is 0 Å². The van der Waals surface area contributed by atoms with E-state index in [9.17, 15) is 0 Å². The first-order valence-electron chi connectivity index (χ1n) is 5.05. The molecule has 1 fully saturated rings. The largest absolute Gasteiger partial charge is 0.314 e. The maximum absolute atomic E-state index is 3.58. The van der Waals surface area contributed by atoms with Crippen LogP contribution in [0.15, 0.2) is 0 Å². The zero-order chi connectivity index (χ0) is 8.81. The first-order chi connectivity index (χ1) is 5.83. The summed E-state index contributed by atoms with van der Waals surface area (Å²) < 4.78 is 0. The molecule has 0 amide bonds. The number of nitrogens with one attached hydrogen (secondary N) is 1. The van der Waals surface area contributed by atoms with Gasteiger partial charge < -0.3 is 5.32 Å². The van der Waals surface area contributed by atoms with Crippen molar-refractivity contribution in [3.63, 3.8) is 0 Å². The van der Waals surface area contributed by atoms with Gasteiger partial charge in [-0.1, -0.05) is 6.92 Å². The standard InChI is InChI=1S/C10H21NS/c1-9(4-3-7-12-2)8-11-10-5-6-10/h9-11H,3-8H2,1-2H3. The van der Waals surface area contributed by atoms with Crippen LogP contribution in [-0.2, 0) is 0 Å². The summed E-state index contributed by atoms with van der Waals surface area (Å²) >= 11 is 1.96. The van der Waals surface area contributed by atoms with Crippen molar-refractivity contribution in [1.29, 1.82) is 0 Å². The van der Waals surface area contributed by atoms with Crippen LogP contribution in [-0.4, -0.2) is 24.6 Å². The lowest BCUT2D eigenvalue weighted by atomic mass is 10.1. The number of thioether (sulfide) groups is 1. The van der Waals surface area contributed by atoms with E-state index in [0.29, 0.717) is 0 Å². The number of rotatable bonds is 7. The molecule has 0 aromatic heterocycles. The van der Waals surface area contributed by atoms with Crippen molar-refractivity contribution in [1.82, 2.24) is 5.32 Å². The molecule has 1 unspecified atom stereocenters. The van der Waals surface area contributed by atoms with E-state index < -0.39 is 0 Å². The predicted octanol–water partition coefficient (Wildman–Crippen LogP) is 2.52. The Bertz CT molecular complexity index is 112. The van der Waals surface area contributed by atoms with Gasteiger partial charge in [0.25, 0.3) is 0 Å². The first-order valence-corrected chi connectivity index (χ1v) is 6.44. The van der Waals surface area contributed by atoms with Gasteiger partial charge in [0.15, 0.2) is 0 Å². The molecule has 1 aliphatic carbocycles. The molecular weight excluding hydrogens is 166 g/mol. The van der Waals surface area contributed by atoms with Crippen LogP contribution in [0.3, 0.4) is 0 Å². The SMILES string of the molecule is CSCCCC(C)CNC1CC1. The second-order valence-corrected chi connectivity index (χ2v) is 4.91. The highest BCUT2D eigenvalue weighted by molar-refractivity contribution is 7.98. The molecule has 2 heteroatoms. The minimum Gasteiger partial charge on any atom is -0.314 e. The van der Waals surface area contributed by atoms with Crippen LogP contribution in [0.4, 0.5) is 0 Å². The highest BCUT2D eigenvalue weighted by atomic mass is 32.2. The molecule has 0 radical (unpaired) electrons. The molecule has 1 aliphatic rings. The van der Waals surface area contributed by atoms with Gasteiger partial charge in [-0.2, -0.15) is 11.8 Å². The van der Waals surface area contributed by atoms with Crippen molar-refractivity contribution >= 4 is 11.8 Å². The molecule has 0 spiro atoms. The molecule has 1 atom stereocenters. The maximum Gasteiger partial charge on any atom is 0.00683 e. The van der Waals surface area contributed by atoms with Gasteiger partial charge >= 0.3 is 0 Å². The lowest BCUT2D eigenvalue weighted by molar-refractivity contribution is 0.476. The minimum absolute atomic E-state index is 0.873. The molecule has 1 nitrogen and oxygen atoms in total. The smallest absolute Gasteiger partial charge is 0.00683 e. The van der Waals surface area contributed by atoms with Gasteiger partial charge in [0.05, 0.1) is 0 Å². The normalized spacial score (nSPS) is 19.5. The van der Waals surface area contributed by atoms with E-state index in [-0.39, 0.29) is 0 Å². The molecule has 12 heavy (non-hydrogen) atoms. The van der Waals surface area contributed by atoms with Crippen molar-refractivity contribution < 1.29 is 0 Å². The molecule has 1 saturated carbocycles. The molecule has 72 valence electrons. The summed E-state index contributed by atoms with van der Waals surface area (Å²) in [6, 6.07) is 0.882. The van der Waals surface area contributed by atoms with Crippen LogP contribution >= 0.6 is 11.8 Å². The van der Waals surface area contributed by atoms with Gasteiger partial charge in [0.2, 0.25) is 0 Å². The summed E-state index contributed by atoms with van der Waals surface area (Å²) in [5, 5.41) is 3.58. The molecule has 0 aromatic carbocycles. The Labute approximate surface area is 80.7 Å². The lowest BCUT2D eigenvalue weighted by Gasteiger charge is -2.11. The molecule has 1 N–H and O–H groups in total. The Kier molecular flexibility index (Phi) is 5.08. The topological polar surface area (TPSA) is 12.0 Å². The van der Waals surface area contributed by atoms with Crippen molar-refractivity contribution in [3.05, 3.63) is 0 Å². The Hall–Kier alpha value is 0.310. The van der Waals surface area contributed by atoms with Crippen molar-refractivity contribution in [2.75, 3.05) is 18.6 Å². The van der Waals surface area contributed by atoms with Crippen LogP contribution in [0.2, 0.25) is 0 Å². The van der Waals surface area contributed by atoms with Crippen LogP contribution < -0.4 is 5.32 Å². The Morgan fingerprint density at radius 3 is 2.83 bits per heavy atom. The van der Waals surface area contributed by atoms with Crippen LogP contribution in [0.1, 0.15) is 32.6 Å². The molecule has 0 saturated heterocycles. The minimum atomic E-state index is 0.873. The van der Waals surface area contributed by atoms with Crippen molar-refractivity contribution in [2.24, 2.45) is 5.92 Å². The van der Waals surface area contributed by atoms with Gasteiger partial charge in [0, 0.05) is 6.04 Å². The van der Waals surface area contributed by atoms with Crippen LogP contribution in [0.25, 0.3) is 0 Å². The second kappa shape index (κ2) is 5.87. The molecule has 1 rings (SSSR count). The van der Waals surface area contributed by atoms with Gasteiger partial charge in [-0.05, 0) is 50.2 Å². The predicted molar refractivity (Wildman–Crippen MR) is 57.8 cm³/mol. The number of hydrogen-bond donors (Lipinski definition) is 1. The summed E-state index contributed by atoms with van der Waals surface area (Å²) in [5.74, 6) is 2.20. The van der Waals surface area contributed by atoms with E-state index in [1.807, 2.05) is 11.8 Å². The summed E-state index contributed by atoms with van der Waals surface area (Å²) in [4.78, 5) is 0. The highest BCUT2D eigenvalue weighted by Crippen LogP contribution is 2.19. The van der Waals surface area contributed by atoms with E-state index >= 15 is 0 Å². The first kappa shape index (κ1) is 10.4. The average molecular weight is 187 g/mol. The van der Waals surface area contributed by atoms with Gasteiger partial charge in [0.1, 0.15) is 0 Å². The Morgan fingerprint density at radius 2 is 2.25 bits per heavy atom. The number of hydrogen-bond acceptors (Lipinski definition) is 2. The monoisotopic (exact) mass is 187 g/mol. The van der Waals surface area contributed by atoms with E-state index in [1.165, 1.54) is 38.0 Å². The molecule has 0 bridgehead atoms. The van der Waals surface area contributed by atoms with E-state index in [0.717, 1.165) is 12.0 Å². The third kappa shape index (κ3) is 5.04.